The van der Waals surface area contributed by atoms with E-state index >= 15 is 0 Å². The molecule has 2 aromatic rings. The summed E-state index contributed by atoms with van der Waals surface area (Å²) in [5, 5.41) is 0. The van der Waals surface area contributed by atoms with Gasteiger partial charge in [-0.15, -0.1) is 11.3 Å². The Kier molecular flexibility index (Phi) is 5.65. The van der Waals surface area contributed by atoms with Gasteiger partial charge in [-0.05, 0) is 31.3 Å². The zero-order valence-electron chi connectivity index (χ0n) is 14.2. The maximum absolute atomic E-state index is 12.7. The molecule has 0 spiro atoms. The van der Waals surface area contributed by atoms with E-state index in [0.29, 0.717) is 19.6 Å². The minimum atomic E-state index is -3.47. The molecule has 0 aliphatic carbocycles. The van der Waals surface area contributed by atoms with Crippen molar-refractivity contribution in [3.05, 3.63) is 39.7 Å². The van der Waals surface area contributed by atoms with Gasteiger partial charge in [0.05, 0.1) is 10.9 Å². The number of sulfonamides is 1. The van der Waals surface area contributed by atoms with Crippen molar-refractivity contribution in [1.29, 1.82) is 0 Å². The van der Waals surface area contributed by atoms with Crippen LogP contribution in [-0.2, 0) is 16.6 Å². The van der Waals surface area contributed by atoms with Crippen molar-refractivity contribution in [3.8, 4) is 0 Å². The van der Waals surface area contributed by atoms with E-state index in [1.807, 2.05) is 31.1 Å². The molecule has 0 bridgehead atoms. The highest BCUT2D eigenvalue weighted by molar-refractivity contribution is 7.89. The van der Waals surface area contributed by atoms with Crippen LogP contribution in [0.5, 0.6) is 0 Å². The van der Waals surface area contributed by atoms with Gasteiger partial charge in [0.2, 0.25) is 10.0 Å². The summed E-state index contributed by atoms with van der Waals surface area (Å²) < 4.78 is 27.7. The van der Waals surface area contributed by atoms with Gasteiger partial charge >= 0.3 is 0 Å². The number of halogens is 1. The first-order chi connectivity index (χ1) is 11.9. The average Bonchev–Trinajstić information content (AvgIpc) is 3.00. The third-order valence-electron chi connectivity index (χ3n) is 4.23. The third-order valence-corrected chi connectivity index (χ3v) is 7.33. The van der Waals surface area contributed by atoms with Gasteiger partial charge in [-0.25, -0.2) is 13.4 Å². The van der Waals surface area contributed by atoms with Crippen molar-refractivity contribution in [1.82, 2.24) is 14.2 Å². The third kappa shape index (κ3) is 4.32. The number of thiophene rings is 1. The summed E-state index contributed by atoms with van der Waals surface area (Å²) >= 11 is 7.48. The molecule has 0 amide bonds. The number of rotatable bonds is 5. The summed E-state index contributed by atoms with van der Waals surface area (Å²) in [6.45, 7) is 3.20. The molecule has 1 fully saturated rings. The molecule has 25 heavy (non-hydrogen) atoms. The van der Waals surface area contributed by atoms with Crippen LogP contribution < -0.4 is 4.90 Å². The fourth-order valence-electron chi connectivity index (χ4n) is 2.68. The lowest BCUT2D eigenvalue weighted by Gasteiger charge is -2.31. The summed E-state index contributed by atoms with van der Waals surface area (Å²) in [6, 6.07) is 7.23. The minimum Gasteiger partial charge on any atom is -0.355 e. The second-order valence-corrected chi connectivity index (χ2v) is 9.86. The lowest BCUT2D eigenvalue weighted by molar-refractivity contribution is 0.222. The monoisotopic (exact) mass is 400 g/mol. The van der Waals surface area contributed by atoms with Gasteiger partial charge in [0.25, 0.3) is 0 Å². The van der Waals surface area contributed by atoms with Crippen LogP contribution in [0.2, 0.25) is 4.34 Å². The van der Waals surface area contributed by atoms with Gasteiger partial charge in [0.15, 0.2) is 0 Å². The molecule has 3 heterocycles. The van der Waals surface area contributed by atoms with Crippen molar-refractivity contribution in [2.45, 2.75) is 11.4 Å². The maximum Gasteiger partial charge on any atom is 0.244 e. The fraction of sp³-hybridized carbons (Fsp3) is 0.438. The SMILES string of the molecule is CN1CCN(S(=O)(=O)c2ccc(N(C)Cc3ccc(Cl)s3)nc2)CC1. The average molecular weight is 401 g/mol. The van der Waals surface area contributed by atoms with E-state index in [2.05, 4.69) is 9.88 Å². The summed E-state index contributed by atoms with van der Waals surface area (Å²) in [7, 11) is 0.445. The highest BCUT2D eigenvalue weighted by Gasteiger charge is 2.27. The van der Waals surface area contributed by atoms with E-state index in [1.165, 1.54) is 21.8 Å². The Labute approximate surface area is 157 Å². The van der Waals surface area contributed by atoms with Gasteiger partial charge < -0.3 is 9.80 Å². The van der Waals surface area contributed by atoms with Crippen LogP contribution >= 0.6 is 22.9 Å². The Morgan fingerprint density at radius 2 is 1.92 bits per heavy atom. The minimum absolute atomic E-state index is 0.244. The first-order valence-corrected chi connectivity index (χ1v) is 10.6. The summed E-state index contributed by atoms with van der Waals surface area (Å²) in [5.74, 6) is 0.724. The van der Waals surface area contributed by atoms with Crippen LogP contribution in [0, 0.1) is 0 Å². The first kappa shape index (κ1) is 18.6. The van der Waals surface area contributed by atoms with Crippen LogP contribution in [0.4, 0.5) is 5.82 Å². The summed E-state index contributed by atoms with van der Waals surface area (Å²) in [5.41, 5.74) is 0. The molecule has 136 valence electrons. The molecule has 1 aliphatic rings. The number of nitrogens with zero attached hydrogens (tertiary/aromatic N) is 4. The highest BCUT2D eigenvalue weighted by Crippen LogP contribution is 2.24. The molecule has 0 saturated carbocycles. The van der Waals surface area contributed by atoms with Crippen molar-refractivity contribution in [2.24, 2.45) is 0 Å². The standard InChI is InChI=1S/C16H21ClN4O2S2/c1-19-7-9-21(10-8-19)25(22,23)14-4-6-16(18-11-14)20(2)12-13-3-5-15(17)24-13/h3-6,11H,7-10,12H2,1-2H3. The van der Waals surface area contributed by atoms with E-state index in [0.717, 1.165) is 28.1 Å². The summed E-state index contributed by atoms with van der Waals surface area (Å²) in [6.07, 6.45) is 1.45. The molecule has 6 nitrogen and oxygen atoms in total. The smallest absolute Gasteiger partial charge is 0.244 e. The predicted molar refractivity (Wildman–Crippen MR) is 102 cm³/mol. The molecule has 1 aliphatic heterocycles. The highest BCUT2D eigenvalue weighted by atomic mass is 35.5. The Bertz CT molecular complexity index is 815. The van der Waals surface area contributed by atoms with Crippen molar-refractivity contribution in [2.75, 3.05) is 45.2 Å². The van der Waals surface area contributed by atoms with E-state index in [9.17, 15) is 8.42 Å². The van der Waals surface area contributed by atoms with Crippen molar-refractivity contribution < 1.29 is 8.42 Å². The Morgan fingerprint density at radius 1 is 1.20 bits per heavy atom. The quantitative estimate of drug-likeness (QED) is 0.771. The van der Waals surface area contributed by atoms with Crippen molar-refractivity contribution >= 4 is 38.8 Å². The Hall–Kier alpha value is -1.19. The number of hydrogen-bond acceptors (Lipinski definition) is 6. The van der Waals surface area contributed by atoms with E-state index in [4.69, 9.17) is 11.6 Å². The van der Waals surface area contributed by atoms with Gasteiger partial charge in [-0.3, -0.25) is 0 Å². The van der Waals surface area contributed by atoms with Crippen molar-refractivity contribution in [3.63, 3.8) is 0 Å². The first-order valence-electron chi connectivity index (χ1n) is 7.96. The molecule has 0 aromatic carbocycles. The maximum atomic E-state index is 12.7. The van der Waals surface area contributed by atoms with Crippen LogP contribution in [0.3, 0.4) is 0 Å². The molecule has 9 heteroatoms. The molecule has 2 aromatic heterocycles. The second kappa shape index (κ2) is 7.59. The van der Waals surface area contributed by atoms with Gasteiger partial charge in [0, 0.05) is 44.3 Å². The van der Waals surface area contributed by atoms with Crippen LogP contribution in [0.25, 0.3) is 0 Å². The van der Waals surface area contributed by atoms with Crippen LogP contribution in [0.1, 0.15) is 4.88 Å². The molecular weight excluding hydrogens is 380 g/mol. The largest absolute Gasteiger partial charge is 0.355 e. The van der Waals surface area contributed by atoms with E-state index in [1.54, 1.807) is 12.1 Å². The number of anilines is 1. The van der Waals surface area contributed by atoms with Gasteiger partial charge in [-0.1, -0.05) is 11.6 Å². The van der Waals surface area contributed by atoms with Crippen LogP contribution in [-0.4, -0.2) is 62.9 Å². The molecule has 0 radical (unpaired) electrons. The van der Waals surface area contributed by atoms with Crippen LogP contribution in [0.15, 0.2) is 35.4 Å². The predicted octanol–water partition coefficient (Wildman–Crippen LogP) is 2.37. The lowest BCUT2D eigenvalue weighted by Crippen LogP contribution is -2.47. The second-order valence-electron chi connectivity index (χ2n) is 6.12. The number of aromatic nitrogens is 1. The number of likely N-dealkylation sites (N-methyl/N-ethyl adjacent to an activating group) is 1. The summed E-state index contributed by atoms with van der Waals surface area (Å²) in [4.78, 5) is 9.80. The van der Waals surface area contributed by atoms with E-state index in [-0.39, 0.29) is 4.90 Å². The molecular formula is C16H21ClN4O2S2. The van der Waals surface area contributed by atoms with Gasteiger partial charge in [-0.2, -0.15) is 4.31 Å². The molecule has 3 rings (SSSR count). The zero-order valence-corrected chi connectivity index (χ0v) is 16.6. The lowest BCUT2D eigenvalue weighted by atomic mass is 10.4. The molecule has 0 unspecified atom stereocenters. The van der Waals surface area contributed by atoms with E-state index < -0.39 is 10.0 Å². The normalized spacial score (nSPS) is 16.9. The Balaban J connectivity index is 1.70. The number of piperazine rings is 1. The van der Waals surface area contributed by atoms with Gasteiger partial charge in [0.1, 0.15) is 10.7 Å². The number of pyridine rings is 1. The molecule has 0 atom stereocenters. The Morgan fingerprint density at radius 3 is 2.48 bits per heavy atom. The topological polar surface area (TPSA) is 56.8 Å². The zero-order chi connectivity index (χ0) is 18.0. The fourth-order valence-corrected chi connectivity index (χ4v) is 5.19. The molecule has 0 N–H and O–H groups in total. The molecule has 1 saturated heterocycles. The number of hydrogen-bond donors (Lipinski definition) is 0.